The number of aryl methyl sites for hydroxylation is 1. The standard InChI is InChI=1S/C34H32N2O2/c1-4-32(26-12-6-5-7-13-26)35-34(38)28-17-18-33-31(20-28)23(2)24(3)36(33)21-29-14-8-9-16-30(29)27-15-10-11-25(19-27)22-37/h5-20,22,32H,4,21H2,1-3H3,(H,35,38). The molecular formula is C34H32N2O2. The Balaban J connectivity index is 1.47. The Morgan fingerprint density at radius 2 is 1.66 bits per heavy atom. The van der Waals surface area contributed by atoms with Crippen LogP contribution in [-0.4, -0.2) is 16.8 Å². The molecule has 0 saturated carbocycles. The normalized spacial score (nSPS) is 11.9. The van der Waals surface area contributed by atoms with E-state index in [0.29, 0.717) is 17.7 Å². The minimum atomic E-state index is -0.0622. The summed E-state index contributed by atoms with van der Waals surface area (Å²) >= 11 is 0. The molecule has 0 aliphatic rings. The highest BCUT2D eigenvalue weighted by Gasteiger charge is 2.18. The van der Waals surface area contributed by atoms with E-state index in [-0.39, 0.29) is 11.9 Å². The van der Waals surface area contributed by atoms with Gasteiger partial charge in [-0.2, -0.15) is 0 Å². The SMILES string of the molecule is CCC(NC(=O)c1ccc2c(c1)c(C)c(C)n2Cc1ccccc1-c1cccc(C=O)c1)c1ccccc1. The van der Waals surface area contributed by atoms with E-state index < -0.39 is 0 Å². The van der Waals surface area contributed by atoms with Gasteiger partial charge in [-0.25, -0.2) is 0 Å². The number of aromatic nitrogens is 1. The fourth-order valence-electron chi connectivity index (χ4n) is 5.23. The van der Waals surface area contributed by atoms with Crippen LogP contribution in [0.25, 0.3) is 22.0 Å². The van der Waals surface area contributed by atoms with Gasteiger partial charge < -0.3 is 9.88 Å². The smallest absolute Gasteiger partial charge is 0.251 e. The first-order valence-corrected chi connectivity index (χ1v) is 13.1. The van der Waals surface area contributed by atoms with Gasteiger partial charge in [0.15, 0.2) is 0 Å². The molecule has 1 amide bonds. The Hall–Kier alpha value is -4.44. The zero-order chi connectivity index (χ0) is 26.6. The number of nitrogens with one attached hydrogen (secondary N) is 1. The molecule has 1 N–H and O–H groups in total. The lowest BCUT2D eigenvalue weighted by Crippen LogP contribution is -2.28. The zero-order valence-electron chi connectivity index (χ0n) is 22.1. The van der Waals surface area contributed by atoms with Crippen molar-refractivity contribution in [1.29, 1.82) is 0 Å². The highest BCUT2D eigenvalue weighted by Crippen LogP contribution is 2.31. The van der Waals surface area contributed by atoms with Crippen molar-refractivity contribution in [2.24, 2.45) is 0 Å². The molecule has 4 nitrogen and oxygen atoms in total. The molecule has 0 radical (unpaired) electrons. The van der Waals surface area contributed by atoms with Gasteiger partial charge in [-0.05, 0) is 72.4 Å². The molecule has 5 aromatic rings. The lowest BCUT2D eigenvalue weighted by atomic mass is 9.98. The number of nitrogens with zero attached hydrogens (tertiary/aromatic N) is 1. The van der Waals surface area contributed by atoms with Crippen molar-refractivity contribution >= 4 is 23.1 Å². The average molecular weight is 501 g/mol. The molecule has 1 aromatic heterocycles. The first-order chi connectivity index (χ1) is 18.5. The third-order valence-corrected chi connectivity index (χ3v) is 7.50. The topological polar surface area (TPSA) is 51.1 Å². The summed E-state index contributed by atoms with van der Waals surface area (Å²) in [6.07, 6.45) is 1.71. The maximum atomic E-state index is 13.2. The van der Waals surface area contributed by atoms with E-state index in [2.05, 4.69) is 67.1 Å². The van der Waals surface area contributed by atoms with Crippen LogP contribution in [0.4, 0.5) is 0 Å². The molecule has 0 aliphatic carbocycles. The van der Waals surface area contributed by atoms with E-state index in [1.54, 1.807) is 0 Å². The van der Waals surface area contributed by atoms with Gasteiger partial charge in [-0.15, -0.1) is 0 Å². The quantitative estimate of drug-likeness (QED) is 0.222. The summed E-state index contributed by atoms with van der Waals surface area (Å²) in [6, 6.07) is 32.1. The molecule has 0 bridgehead atoms. The van der Waals surface area contributed by atoms with E-state index in [1.807, 2.05) is 60.7 Å². The number of aldehydes is 1. The number of amides is 1. The lowest BCUT2D eigenvalue weighted by Gasteiger charge is -2.17. The summed E-state index contributed by atoms with van der Waals surface area (Å²) in [4.78, 5) is 24.6. The number of rotatable bonds is 8. The summed E-state index contributed by atoms with van der Waals surface area (Å²) < 4.78 is 2.31. The molecular weight excluding hydrogens is 468 g/mol. The lowest BCUT2D eigenvalue weighted by molar-refractivity contribution is 0.0935. The van der Waals surface area contributed by atoms with Crippen molar-refractivity contribution in [3.8, 4) is 11.1 Å². The van der Waals surface area contributed by atoms with E-state index in [4.69, 9.17) is 0 Å². The number of hydrogen-bond donors (Lipinski definition) is 1. The van der Waals surface area contributed by atoms with Crippen LogP contribution in [0.2, 0.25) is 0 Å². The third kappa shape index (κ3) is 4.90. The summed E-state index contributed by atoms with van der Waals surface area (Å²) in [6.45, 7) is 7.03. The second-order valence-electron chi connectivity index (χ2n) is 9.77. The molecule has 0 fully saturated rings. The van der Waals surface area contributed by atoms with Gasteiger partial charge in [0.2, 0.25) is 0 Å². The van der Waals surface area contributed by atoms with E-state index in [1.165, 1.54) is 16.8 Å². The van der Waals surface area contributed by atoms with Crippen LogP contribution >= 0.6 is 0 Å². The van der Waals surface area contributed by atoms with E-state index in [0.717, 1.165) is 40.3 Å². The molecule has 190 valence electrons. The van der Waals surface area contributed by atoms with Crippen molar-refractivity contribution < 1.29 is 9.59 Å². The Labute approximate surface area is 223 Å². The second kappa shape index (κ2) is 10.9. The van der Waals surface area contributed by atoms with Gasteiger partial charge in [-0.3, -0.25) is 9.59 Å². The molecule has 38 heavy (non-hydrogen) atoms. The number of benzene rings is 4. The van der Waals surface area contributed by atoms with Crippen molar-refractivity contribution in [1.82, 2.24) is 9.88 Å². The molecule has 1 atom stereocenters. The predicted octanol–water partition coefficient (Wildman–Crippen LogP) is 7.67. The monoisotopic (exact) mass is 500 g/mol. The largest absolute Gasteiger partial charge is 0.345 e. The molecule has 1 heterocycles. The van der Waals surface area contributed by atoms with Gasteiger partial charge in [0.1, 0.15) is 6.29 Å². The number of carbonyl (C=O) groups excluding carboxylic acids is 2. The second-order valence-corrected chi connectivity index (χ2v) is 9.77. The van der Waals surface area contributed by atoms with Crippen molar-refractivity contribution in [2.45, 2.75) is 39.8 Å². The van der Waals surface area contributed by atoms with Gasteiger partial charge in [0.05, 0.1) is 6.04 Å². The van der Waals surface area contributed by atoms with Crippen molar-refractivity contribution in [3.63, 3.8) is 0 Å². The molecule has 1 unspecified atom stereocenters. The Morgan fingerprint density at radius 1 is 0.895 bits per heavy atom. The van der Waals surface area contributed by atoms with Crippen LogP contribution in [0, 0.1) is 13.8 Å². The van der Waals surface area contributed by atoms with Crippen LogP contribution in [-0.2, 0) is 6.54 Å². The van der Waals surface area contributed by atoms with Crippen molar-refractivity contribution in [2.75, 3.05) is 0 Å². The molecule has 5 rings (SSSR count). The van der Waals surface area contributed by atoms with Crippen LogP contribution < -0.4 is 5.32 Å². The molecule has 4 aromatic carbocycles. The van der Waals surface area contributed by atoms with Crippen LogP contribution in [0.1, 0.15) is 62.5 Å². The average Bonchev–Trinajstić information content (AvgIpc) is 3.20. The summed E-state index contributed by atoms with van der Waals surface area (Å²) in [7, 11) is 0. The third-order valence-electron chi connectivity index (χ3n) is 7.50. The highest BCUT2D eigenvalue weighted by molar-refractivity contribution is 5.99. The minimum Gasteiger partial charge on any atom is -0.345 e. The Morgan fingerprint density at radius 3 is 2.42 bits per heavy atom. The maximum absolute atomic E-state index is 13.2. The number of fused-ring (bicyclic) bond motifs is 1. The Bertz CT molecular complexity index is 1610. The predicted molar refractivity (Wildman–Crippen MR) is 155 cm³/mol. The molecule has 0 spiro atoms. The van der Waals surface area contributed by atoms with E-state index in [9.17, 15) is 9.59 Å². The zero-order valence-corrected chi connectivity index (χ0v) is 22.1. The van der Waals surface area contributed by atoms with Gasteiger partial charge in [0.25, 0.3) is 5.91 Å². The maximum Gasteiger partial charge on any atom is 0.251 e. The van der Waals surface area contributed by atoms with Gasteiger partial charge in [-0.1, -0.05) is 79.7 Å². The van der Waals surface area contributed by atoms with Gasteiger partial charge in [0, 0.05) is 34.3 Å². The first-order valence-electron chi connectivity index (χ1n) is 13.1. The van der Waals surface area contributed by atoms with Gasteiger partial charge >= 0.3 is 0 Å². The summed E-state index contributed by atoms with van der Waals surface area (Å²) in [5, 5.41) is 4.30. The van der Waals surface area contributed by atoms with Crippen molar-refractivity contribution in [3.05, 3.63) is 131 Å². The minimum absolute atomic E-state index is 0.0268. The first kappa shape index (κ1) is 25.2. The summed E-state index contributed by atoms with van der Waals surface area (Å²) in [5.74, 6) is -0.0622. The van der Waals surface area contributed by atoms with Crippen LogP contribution in [0.15, 0.2) is 97.1 Å². The molecule has 0 saturated heterocycles. The van der Waals surface area contributed by atoms with E-state index >= 15 is 0 Å². The fraction of sp³-hybridized carbons (Fsp3) is 0.176. The number of carbonyl (C=O) groups is 2. The van der Waals surface area contributed by atoms with Crippen LogP contribution in [0.5, 0.6) is 0 Å². The highest BCUT2D eigenvalue weighted by atomic mass is 16.1. The van der Waals surface area contributed by atoms with Crippen LogP contribution in [0.3, 0.4) is 0 Å². The summed E-state index contributed by atoms with van der Waals surface area (Å²) in [5.41, 5.74) is 9.19. The number of hydrogen-bond acceptors (Lipinski definition) is 2. The Kier molecular flexibility index (Phi) is 7.23. The fourth-order valence-corrected chi connectivity index (χ4v) is 5.23. The molecule has 4 heteroatoms. The molecule has 0 aliphatic heterocycles.